The third-order valence-corrected chi connectivity index (χ3v) is 4.90. The van der Waals surface area contributed by atoms with Gasteiger partial charge in [0.25, 0.3) is 0 Å². The molecule has 1 atom stereocenters. The highest BCUT2D eigenvalue weighted by Gasteiger charge is 2.31. The summed E-state index contributed by atoms with van der Waals surface area (Å²) in [6, 6.07) is 4.75. The molecular formula is C18H23Cl2N3O3. The molecule has 2 amide bonds. The smallest absolute Gasteiger partial charge is 0.337 e. The van der Waals surface area contributed by atoms with Gasteiger partial charge in [-0.2, -0.15) is 0 Å². The van der Waals surface area contributed by atoms with Crippen LogP contribution in [0.25, 0.3) is 0 Å². The molecule has 1 aliphatic heterocycles. The SMILES string of the molecule is CCOC(=O)C1=C(CN(C)Cc2cccc(Cl)c2Cl)NC(=O)N[C@H]1CC. The number of esters is 1. The van der Waals surface area contributed by atoms with E-state index in [1.807, 2.05) is 31.0 Å². The van der Waals surface area contributed by atoms with E-state index in [1.54, 1.807) is 13.0 Å². The van der Waals surface area contributed by atoms with Crippen molar-refractivity contribution in [1.82, 2.24) is 15.5 Å². The molecule has 0 aromatic heterocycles. The summed E-state index contributed by atoms with van der Waals surface area (Å²) < 4.78 is 5.17. The van der Waals surface area contributed by atoms with E-state index in [1.165, 1.54) is 0 Å². The van der Waals surface area contributed by atoms with Crippen LogP contribution in [0, 0.1) is 0 Å². The van der Waals surface area contributed by atoms with Crippen molar-refractivity contribution >= 4 is 35.2 Å². The average molecular weight is 400 g/mol. The van der Waals surface area contributed by atoms with Crippen LogP contribution in [-0.4, -0.2) is 43.1 Å². The standard InChI is InChI=1S/C18H23Cl2N3O3/c1-4-13-15(17(24)26-5-2)14(22-18(25)21-13)10-23(3)9-11-7-6-8-12(19)16(11)20/h6-8,13H,4-5,9-10H2,1-3H3,(H2,21,22,25)/t13-/m0/s1. The van der Waals surface area contributed by atoms with E-state index >= 15 is 0 Å². The fourth-order valence-corrected chi connectivity index (χ4v) is 3.25. The summed E-state index contributed by atoms with van der Waals surface area (Å²) in [5.41, 5.74) is 1.87. The quantitative estimate of drug-likeness (QED) is 0.689. The van der Waals surface area contributed by atoms with Crippen molar-refractivity contribution in [1.29, 1.82) is 0 Å². The van der Waals surface area contributed by atoms with Crippen LogP contribution < -0.4 is 10.6 Å². The largest absolute Gasteiger partial charge is 0.463 e. The van der Waals surface area contributed by atoms with Gasteiger partial charge in [0.2, 0.25) is 0 Å². The van der Waals surface area contributed by atoms with Gasteiger partial charge in [-0.3, -0.25) is 4.90 Å². The first-order valence-electron chi connectivity index (χ1n) is 8.46. The number of carbonyl (C=O) groups is 2. The highest BCUT2D eigenvalue weighted by atomic mass is 35.5. The van der Waals surface area contributed by atoms with Crippen molar-refractivity contribution in [2.75, 3.05) is 20.2 Å². The summed E-state index contributed by atoms with van der Waals surface area (Å²) in [4.78, 5) is 26.3. The normalized spacial score (nSPS) is 17.2. The zero-order valence-electron chi connectivity index (χ0n) is 15.1. The maximum Gasteiger partial charge on any atom is 0.337 e. The minimum absolute atomic E-state index is 0.272. The van der Waals surface area contributed by atoms with Crippen LogP contribution in [0.3, 0.4) is 0 Å². The van der Waals surface area contributed by atoms with Crippen LogP contribution in [0.2, 0.25) is 10.0 Å². The van der Waals surface area contributed by atoms with Gasteiger partial charge in [0.15, 0.2) is 0 Å². The number of ether oxygens (including phenoxy) is 1. The molecule has 0 aliphatic carbocycles. The van der Waals surface area contributed by atoms with E-state index in [2.05, 4.69) is 10.6 Å². The molecule has 0 saturated heterocycles. The minimum atomic E-state index is -0.420. The summed E-state index contributed by atoms with van der Waals surface area (Å²) in [6.45, 7) is 4.80. The van der Waals surface area contributed by atoms with Crippen LogP contribution in [0.4, 0.5) is 4.79 Å². The van der Waals surface area contributed by atoms with Gasteiger partial charge in [0.05, 0.1) is 28.3 Å². The first-order valence-corrected chi connectivity index (χ1v) is 9.22. The number of halogens is 2. The fourth-order valence-electron chi connectivity index (χ4n) is 2.87. The highest BCUT2D eigenvalue weighted by Crippen LogP contribution is 2.26. The Morgan fingerprint density at radius 1 is 1.27 bits per heavy atom. The number of amides is 2. The Labute approximate surface area is 163 Å². The Balaban J connectivity index is 2.24. The molecule has 0 fully saturated rings. The molecule has 26 heavy (non-hydrogen) atoms. The maximum atomic E-state index is 12.4. The molecule has 0 unspecified atom stereocenters. The zero-order valence-corrected chi connectivity index (χ0v) is 16.6. The van der Waals surface area contributed by atoms with Crippen molar-refractivity contribution in [3.05, 3.63) is 45.1 Å². The lowest BCUT2D eigenvalue weighted by Crippen LogP contribution is -2.51. The van der Waals surface area contributed by atoms with Gasteiger partial charge in [0.1, 0.15) is 0 Å². The van der Waals surface area contributed by atoms with Gasteiger partial charge >= 0.3 is 12.0 Å². The molecule has 1 aliphatic rings. The molecule has 0 radical (unpaired) electrons. The van der Waals surface area contributed by atoms with E-state index in [0.29, 0.717) is 40.8 Å². The van der Waals surface area contributed by atoms with E-state index in [4.69, 9.17) is 27.9 Å². The Bertz CT molecular complexity index is 722. The summed E-state index contributed by atoms with van der Waals surface area (Å²) in [5.74, 6) is -0.420. The van der Waals surface area contributed by atoms with Crippen LogP contribution >= 0.6 is 23.2 Å². The highest BCUT2D eigenvalue weighted by molar-refractivity contribution is 6.42. The third kappa shape index (κ3) is 4.90. The molecule has 1 aromatic rings. The first-order chi connectivity index (χ1) is 12.4. The lowest BCUT2D eigenvalue weighted by atomic mass is 10.00. The van der Waals surface area contributed by atoms with Crippen molar-refractivity contribution in [2.24, 2.45) is 0 Å². The Morgan fingerprint density at radius 3 is 2.65 bits per heavy atom. The first kappa shape index (κ1) is 20.6. The van der Waals surface area contributed by atoms with Crippen LogP contribution in [0.5, 0.6) is 0 Å². The molecule has 1 heterocycles. The van der Waals surface area contributed by atoms with Gasteiger partial charge in [-0.05, 0) is 32.0 Å². The second-order valence-electron chi connectivity index (χ2n) is 6.06. The topological polar surface area (TPSA) is 70.7 Å². The molecule has 2 rings (SSSR count). The molecule has 2 N–H and O–H groups in total. The number of hydrogen-bond donors (Lipinski definition) is 2. The van der Waals surface area contributed by atoms with E-state index in [9.17, 15) is 9.59 Å². The summed E-state index contributed by atoms with van der Waals surface area (Å²) in [7, 11) is 1.88. The van der Waals surface area contributed by atoms with Crippen LogP contribution in [0.1, 0.15) is 25.8 Å². The van der Waals surface area contributed by atoms with Gasteiger partial charge in [-0.1, -0.05) is 42.3 Å². The Hall–Kier alpha value is -1.76. The molecular weight excluding hydrogens is 377 g/mol. The summed E-state index contributed by atoms with van der Waals surface area (Å²) >= 11 is 12.3. The molecule has 0 saturated carbocycles. The van der Waals surface area contributed by atoms with Crippen LogP contribution in [-0.2, 0) is 16.1 Å². The summed E-state index contributed by atoms with van der Waals surface area (Å²) in [5, 5.41) is 6.49. The monoisotopic (exact) mass is 399 g/mol. The Kier molecular flexibility index (Phi) is 7.32. The number of likely N-dealkylation sites (N-methyl/N-ethyl adjacent to an activating group) is 1. The number of nitrogens with one attached hydrogen (secondary N) is 2. The van der Waals surface area contributed by atoms with Crippen LogP contribution in [0.15, 0.2) is 29.5 Å². The molecule has 1 aromatic carbocycles. The molecule has 6 nitrogen and oxygen atoms in total. The van der Waals surface area contributed by atoms with Gasteiger partial charge < -0.3 is 15.4 Å². The molecule has 0 bridgehead atoms. The van der Waals surface area contributed by atoms with Crippen molar-refractivity contribution in [3.8, 4) is 0 Å². The second-order valence-corrected chi connectivity index (χ2v) is 6.84. The number of carbonyl (C=O) groups excluding carboxylic acids is 2. The number of benzene rings is 1. The predicted molar refractivity (Wildman–Crippen MR) is 102 cm³/mol. The van der Waals surface area contributed by atoms with Gasteiger partial charge in [-0.25, -0.2) is 9.59 Å². The predicted octanol–water partition coefficient (Wildman–Crippen LogP) is 3.33. The fraction of sp³-hybridized carbons (Fsp3) is 0.444. The summed E-state index contributed by atoms with van der Waals surface area (Å²) in [6.07, 6.45) is 0.592. The zero-order chi connectivity index (χ0) is 19.3. The van der Waals surface area contributed by atoms with Crippen molar-refractivity contribution in [3.63, 3.8) is 0 Å². The number of rotatable bonds is 7. The number of hydrogen-bond acceptors (Lipinski definition) is 4. The minimum Gasteiger partial charge on any atom is -0.463 e. The average Bonchev–Trinajstić information content (AvgIpc) is 2.58. The molecule has 0 spiro atoms. The van der Waals surface area contributed by atoms with Gasteiger partial charge in [-0.15, -0.1) is 0 Å². The van der Waals surface area contributed by atoms with E-state index < -0.39 is 5.97 Å². The Morgan fingerprint density at radius 2 is 2.00 bits per heavy atom. The number of urea groups is 1. The van der Waals surface area contributed by atoms with E-state index in [-0.39, 0.29) is 18.7 Å². The van der Waals surface area contributed by atoms with Crippen molar-refractivity contribution in [2.45, 2.75) is 32.9 Å². The van der Waals surface area contributed by atoms with Crippen molar-refractivity contribution < 1.29 is 14.3 Å². The second kappa shape index (κ2) is 9.26. The number of nitrogens with zero attached hydrogens (tertiary/aromatic N) is 1. The van der Waals surface area contributed by atoms with Gasteiger partial charge in [0, 0.05) is 18.8 Å². The molecule has 8 heteroatoms. The lowest BCUT2D eigenvalue weighted by Gasteiger charge is -2.30. The molecule has 142 valence electrons. The maximum absolute atomic E-state index is 12.4. The third-order valence-electron chi connectivity index (χ3n) is 4.05. The lowest BCUT2D eigenvalue weighted by molar-refractivity contribution is -0.139. The van der Waals surface area contributed by atoms with E-state index in [0.717, 1.165) is 5.56 Å².